The van der Waals surface area contributed by atoms with Gasteiger partial charge in [0.25, 0.3) is 5.91 Å². The van der Waals surface area contributed by atoms with E-state index >= 15 is 0 Å². The van der Waals surface area contributed by atoms with E-state index in [1.165, 1.54) is 19.2 Å². The fourth-order valence-corrected chi connectivity index (χ4v) is 1.58. The first-order chi connectivity index (χ1) is 10.1. The van der Waals surface area contributed by atoms with Crippen LogP contribution in [-0.4, -0.2) is 45.9 Å². The van der Waals surface area contributed by atoms with Crippen molar-refractivity contribution in [3.8, 4) is 5.75 Å². The van der Waals surface area contributed by atoms with Crippen molar-refractivity contribution >= 4 is 17.6 Å². The van der Waals surface area contributed by atoms with Crippen LogP contribution in [0, 0.1) is 0 Å². The molecule has 0 heterocycles. The third kappa shape index (κ3) is 5.70. The van der Waals surface area contributed by atoms with Gasteiger partial charge in [0.05, 0.1) is 7.11 Å². The molecule has 1 amide bonds. The van der Waals surface area contributed by atoms with E-state index in [-0.39, 0.29) is 18.1 Å². The predicted molar refractivity (Wildman–Crippen MR) is 77.2 cm³/mol. The molecule has 3 N–H and O–H groups in total. The maximum atomic E-state index is 11.9. The molecule has 21 heavy (non-hydrogen) atoms. The first-order valence-corrected chi connectivity index (χ1v) is 6.44. The SMILES string of the molecule is COCCCNC(=O)COC(=O)c1ccc(N)cc1OC. The summed E-state index contributed by atoms with van der Waals surface area (Å²) in [7, 11) is 3.01. The molecule has 0 aliphatic carbocycles. The van der Waals surface area contributed by atoms with Crippen LogP contribution >= 0.6 is 0 Å². The van der Waals surface area contributed by atoms with E-state index in [4.69, 9.17) is 19.9 Å². The molecule has 0 aromatic heterocycles. The van der Waals surface area contributed by atoms with Crippen LogP contribution in [0.1, 0.15) is 16.8 Å². The van der Waals surface area contributed by atoms with Crippen molar-refractivity contribution in [2.75, 3.05) is 39.7 Å². The Morgan fingerprint density at radius 3 is 2.71 bits per heavy atom. The smallest absolute Gasteiger partial charge is 0.342 e. The lowest BCUT2D eigenvalue weighted by Gasteiger charge is -2.09. The van der Waals surface area contributed by atoms with E-state index in [2.05, 4.69) is 5.32 Å². The number of carbonyl (C=O) groups excluding carboxylic acids is 2. The number of rotatable bonds is 8. The second kappa shape index (κ2) is 8.80. The van der Waals surface area contributed by atoms with Gasteiger partial charge in [-0.2, -0.15) is 0 Å². The molecular weight excluding hydrogens is 276 g/mol. The maximum Gasteiger partial charge on any atom is 0.342 e. The molecule has 0 spiro atoms. The fraction of sp³-hybridized carbons (Fsp3) is 0.429. The molecule has 0 atom stereocenters. The summed E-state index contributed by atoms with van der Waals surface area (Å²) in [5.74, 6) is -0.701. The van der Waals surface area contributed by atoms with Crippen LogP contribution in [0.4, 0.5) is 5.69 Å². The lowest BCUT2D eigenvalue weighted by molar-refractivity contribution is -0.124. The zero-order valence-corrected chi connectivity index (χ0v) is 12.2. The third-order valence-electron chi connectivity index (χ3n) is 2.63. The molecule has 1 rings (SSSR count). The van der Waals surface area contributed by atoms with Crippen molar-refractivity contribution < 1.29 is 23.8 Å². The number of hydrogen-bond acceptors (Lipinski definition) is 6. The Morgan fingerprint density at radius 1 is 1.29 bits per heavy atom. The van der Waals surface area contributed by atoms with E-state index in [9.17, 15) is 9.59 Å². The lowest BCUT2D eigenvalue weighted by atomic mass is 10.2. The van der Waals surface area contributed by atoms with E-state index in [1.807, 2.05) is 0 Å². The van der Waals surface area contributed by atoms with Gasteiger partial charge in [0.15, 0.2) is 6.61 Å². The van der Waals surface area contributed by atoms with Gasteiger partial charge in [-0.3, -0.25) is 4.79 Å². The number of carbonyl (C=O) groups is 2. The van der Waals surface area contributed by atoms with Crippen LogP contribution in [-0.2, 0) is 14.3 Å². The number of benzene rings is 1. The van der Waals surface area contributed by atoms with Crippen LogP contribution in [0.3, 0.4) is 0 Å². The first-order valence-electron chi connectivity index (χ1n) is 6.44. The lowest BCUT2D eigenvalue weighted by Crippen LogP contribution is -2.30. The summed E-state index contributed by atoms with van der Waals surface area (Å²) >= 11 is 0. The Hall–Kier alpha value is -2.28. The number of methoxy groups -OCH3 is 2. The van der Waals surface area contributed by atoms with Gasteiger partial charge in [0, 0.05) is 32.0 Å². The Labute approximate surface area is 123 Å². The quantitative estimate of drug-likeness (QED) is 0.414. The van der Waals surface area contributed by atoms with Crippen molar-refractivity contribution in [3.63, 3.8) is 0 Å². The number of nitrogens with one attached hydrogen (secondary N) is 1. The Kier molecular flexibility index (Phi) is 7.03. The second-order valence-corrected chi connectivity index (χ2v) is 4.23. The number of anilines is 1. The molecule has 0 aliphatic heterocycles. The second-order valence-electron chi connectivity index (χ2n) is 4.23. The van der Waals surface area contributed by atoms with Crippen molar-refractivity contribution in [1.82, 2.24) is 5.32 Å². The minimum Gasteiger partial charge on any atom is -0.496 e. The average molecular weight is 296 g/mol. The van der Waals surface area contributed by atoms with Gasteiger partial charge >= 0.3 is 5.97 Å². The van der Waals surface area contributed by atoms with Gasteiger partial charge in [0.2, 0.25) is 0 Å². The van der Waals surface area contributed by atoms with E-state index in [0.717, 1.165) is 0 Å². The van der Waals surface area contributed by atoms with Gasteiger partial charge in [-0.15, -0.1) is 0 Å². The first kappa shape index (κ1) is 16.8. The highest BCUT2D eigenvalue weighted by Crippen LogP contribution is 2.22. The summed E-state index contributed by atoms with van der Waals surface area (Å²) in [6.07, 6.45) is 0.696. The van der Waals surface area contributed by atoms with Gasteiger partial charge in [-0.1, -0.05) is 0 Å². The van der Waals surface area contributed by atoms with Gasteiger partial charge in [-0.05, 0) is 18.6 Å². The topological polar surface area (TPSA) is 99.9 Å². The standard InChI is InChI=1S/C14H20N2O5/c1-19-7-3-6-16-13(17)9-21-14(18)11-5-4-10(15)8-12(11)20-2/h4-5,8H,3,6-7,9,15H2,1-2H3,(H,16,17). The molecule has 0 fully saturated rings. The summed E-state index contributed by atoms with van der Waals surface area (Å²) in [5, 5.41) is 2.61. The molecule has 0 aliphatic rings. The zero-order chi connectivity index (χ0) is 15.7. The molecule has 0 radical (unpaired) electrons. The maximum absolute atomic E-state index is 11.9. The molecule has 0 saturated carbocycles. The van der Waals surface area contributed by atoms with Crippen molar-refractivity contribution in [2.24, 2.45) is 0 Å². The molecular formula is C14H20N2O5. The number of hydrogen-bond donors (Lipinski definition) is 2. The molecule has 0 unspecified atom stereocenters. The molecule has 7 heteroatoms. The highest BCUT2D eigenvalue weighted by Gasteiger charge is 2.15. The van der Waals surface area contributed by atoms with Crippen LogP contribution in [0.2, 0.25) is 0 Å². The van der Waals surface area contributed by atoms with Crippen molar-refractivity contribution in [2.45, 2.75) is 6.42 Å². The number of nitrogens with two attached hydrogens (primary N) is 1. The zero-order valence-electron chi connectivity index (χ0n) is 12.2. The van der Waals surface area contributed by atoms with Crippen molar-refractivity contribution in [3.05, 3.63) is 23.8 Å². The molecule has 0 saturated heterocycles. The fourth-order valence-electron chi connectivity index (χ4n) is 1.58. The monoisotopic (exact) mass is 296 g/mol. The largest absolute Gasteiger partial charge is 0.496 e. The number of nitrogen functional groups attached to an aromatic ring is 1. The molecule has 116 valence electrons. The molecule has 1 aromatic carbocycles. The molecule has 0 bridgehead atoms. The molecule has 7 nitrogen and oxygen atoms in total. The summed E-state index contributed by atoms with van der Waals surface area (Å²) in [6.45, 7) is 0.678. The van der Waals surface area contributed by atoms with Crippen LogP contribution < -0.4 is 15.8 Å². The summed E-state index contributed by atoms with van der Waals surface area (Å²) in [5.41, 5.74) is 6.29. The van der Waals surface area contributed by atoms with Gasteiger partial charge in [-0.25, -0.2) is 4.79 Å². The van der Waals surface area contributed by atoms with E-state index in [1.54, 1.807) is 13.2 Å². The molecule has 1 aromatic rings. The van der Waals surface area contributed by atoms with Crippen LogP contribution in [0.5, 0.6) is 5.75 Å². The Bertz CT molecular complexity index is 490. The Morgan fingerprint density at radius 2 is 2.05 bits per heavy atom. The number of amides is 1. The van der Waals surface area contributed by atoms with Gasteiger partial charge in [0.1, 0.15) is 11.3 Å². The Balaban J connectivity index is 2.45. The predicted octanol–water partition coefficient (Wildman–Crippen LogP) is 0.587. The average Bonchev–Trinajstić information content (AvgIpc) is 2.49. The van der Waals surface area contributed by atoms with Crippen molar-refractivity contribution in [1.29, 1.82) is 0 Å². The minimum absolute atomic E-state index is 0.221. The third-order valence-corrected chi connectivity index (χ3v) is 2.63. The van der Waals surface area contributed by atoms with E-state index < -0.39 is 5.97 Å². The highest BCUT2D eigenvalue weighted by molar-refractivity contribution is 5.94. The highest BCUT2D eigenvalue weighted by atomic mass is 16.5. The summed E-state index contributed by atoms with van der Waals surface area (Å²) < 4.78 is 14.8. The normalized spacial score (nSPS) is 10.0. The summed E-state index contributed by atoms with van der Waals surface area (Å²) in [6, 6.07) is 4.57. The van der Waals surface area contributed by atoms with E-state index in [0.29, 0.717) is 31.0 Å². The minimum atomic E-state index is -0.640. The van der Waals surface area contributed by atoms with Gasteiger partial charge < -0.3 is 25.3 Å². The van der Waals surface area contributed by atoms with Crippen LogP contribution in [0.15, 0.2) is 18.2 Å². The van der Waals surface area contributed by atoms with Crippen LogP contribution in [0.25, 0.3) is 0 Å². The number of ether oxygens (including phenoxy) is 3. The number of esters is 1. The summed E-state index contributed by atoms with van der Waals surface area (Å²) in [4.78, 5) is 23.3.